The summed E-state index contributed by atoms with van der Waals surface area (Å²) >= 11 is 5.93. The number of benzene rings is 1. The molecule has 0 spiro atoms. The van der Waals surface area contributed by atoms with Crippen LogP contribution < -0.4 is 15.8 Å². The summed E-state index contributed by atoms with van der Waals surface area (Å²) in [6, 6.07) is 8.10. The Morgan fingerprint density at radius 3 is 2.76 bits per heavy atom. The van der Waals surface area contributed by atoms with E-state index in [0.717, 1.165) is 5.69 Å². The van der Waals surface area contributed by atoms with E-state index in [-0.39, 0.29) is 21.9 Å². The zero-order chi connectivity index (χ0) is 26.5. The number of halogens is 2. The first-order valence-electron chi connectivity index (χ1n) is 12.2. The number of nitrogens with one attached hydrogen (secondary N) is 2. The van der Waals surface area contributed by atoms with Crippen LogP contribution in [0.25, 0.3) is 16.6 Å². The summed E-state index contributed by atoms with van der Waals surface area (Å²) in [5.74, 6) is -1.26. The summed E-state index contributed by atoms with van der Waals surface area (Å²) in [5, 5.41) is 6.18. The van der Waals surface area contributed by atoms with Crippen molar-refractivity contribution in [3.63, 3.8) is 0 Å². The molecule has 1 saturated heterocycles. The van der Waals surface area contributed by atoms with Gasteiger partial charge < -0.3 is 15.2 Å². The van der Waals surface area contributed by atoms with Crippen molar-refractivity contribution in [1.82, 2.24) is 29.8 Å². The zero-order valence-electron chi connectivity index (χ0n) is 21.2. The van der Waals surface area contributed by atoms with Gasteiger partial charge in [-0.05, 0) is 25.1 Å². The van der Waals surface area contributed by atoms with Crippen molar-refractivity contribution < 1.29 is 13.3 Å². The summed E-state index contributed by atoms with van der Waals surface area (Å²) in [4.78, 5) is 35.6. The second-order valence-corrected chi connectivity index (χ2v) is 8.56. The molecular formula is C23H23ClFN7O2. The van der Waals surface area contributed by atoms with E-state index in [9.17, 15) is 9.59 Å². The number of anilines is 1. The Kier molecular flexibility index (Phi) is 4.83. The Labute approximate surface area is 203 Å². The Bertz CT molecular complexity index is 1580. The summed E-state index contributed by atoms with van der Waals surface area (Å²) in [6.07, 6.45) is 0. The third-order valence-corrected chi connectivity index (χ3v) is 6.27. The molecule has 0 aliphatic carbocycles. The van der Waals surface area contributed by atoms with Crippen LogP contribution in [0.5, 0.6) is 0 Å². The molecule has 0 saturated carbocycles. The van der Waals surface area contributed by atoms with Gasteiger partial charge in [-0.15, -0.1) is 0 Å². The normalized spacial score (nSPS) is 16.4. The number of H-pyrrole nitrogens is 1. The third-order valence-electron chi connectivity index (χ3n) is 6.09. The predicted molar refractivity (Wildman–Crippen MR) is 128 cm³/mol. The van der Waals surface area contributed by atoms with Crippen LogP contribution in [0.1, 0.15) is 25.9 Å². The zero-order valence-corrected chi connectivity index (χ0v) is 19.0. The van der Waals surface area contributed by atoms with Crippen LogP contribution in [-0.2, 0) is 6.54 Å². The summed E-state index contributed by atoms with van der Waals surface area (Å²) < 4.78 is 38.3. The standard InChI is InChI=1S/C23H23ClFN7O2/c1-13-16(6-4-15(27-13)22(33)26-2)31-9-7-30(8-10-31)12-14-3-5-17-21(20(14)25)28-23(34)18-11-19(24)29-32(17)18/h3-6,11H,7-10,12H2,1-2H3,(H,26,33)(H,28,34)/i2D3. The third kappa shape index (κ3) is 3.88. The molecule has 3 aromatic heterocycles. The topological polar surface area (TPSA) is 98.6 Å². The highest BCUT2D eigenvalue weighted by Crippen LogP contribution is 2.24. The number of hydrogen-bond acceptors (Lipinski definition) is 6. The molecule has 0 bridgehead atoms. The fourth-order valence-corrected chi connectivity index (χ4v) is 4.55. The molecule has 1 aromatic carbocycles. The lowest BCUT2D eigenvalue weighted by molar-refractivity contribution is 0.0958. The average Bonchev–Trinajstić information content (AvgIpc) is 3.23. The largest absolute Gasteiger partial charge is 0.368 e. The first-order valence-corrected chi connectivity index (χ1v) is 11.0. The Hall–Kier alpha value is -3.50. The Morgan fingerprint density at radius 1 is 1.24 bits per heavy atom. The minimum absolute atomic E-state index is 0.0375. The van der Waals surface area contributed by atoms with Gasteiger partial charge in [0.15, 0.2) is 11.0 Å². The number of pyridine rings is 1. The van der Waals surface area contributed by atoms with Gasteiger partial charge in [-0.1, -0.05) is 17.7 Å². The van der Waals surface area contributed by atoms with Crippen LogP contribution in [0.3, 0.4) is 0 Å². The molecule has 34 heavy (non-hydrogen) atoms. The lowest BCUT2D eigenvalue weighted by atomic mass is 10.1. The van der Waals surface area contributed by atoms with Gasteiger partial charge in [0.1, 0.15) is 16.7 Å². The second-order valence-electron chi connectivity index (χ2n) is 8.17. The molecule has 11 heteroatoms. The fourth-order valence-electron chi connectivity index (χ4n) is 4.37. The van der Waals surface area contributed by atoms with E-state index in [2.05, 4.69) is 24.9 Å². The first kappa shape index (κ1) is 18.9. The molecule has 4 heterocycles. The lowest BCUT2D eigenvalue weighted by Crippen LogP contribution is -2.46. The van der Waals surface area contributed by atoms with Crippen molar-refractivity contribution in [1.29, 1.82) is 0 Å². The quantitative estimate of drug-likeness (QED) is 0.459. The molecule has 0 radical (unpaired) electrons. The van der Waals surface area contributed by atoms with Crippen LogP contribution in [-0.4, -0.2) is 63.5 Å². The SMILES string of the molecule is [2H]C([2H])([2H])NC(=O)c1ccc(N2CCN(Cc3ccc4c([nH]c(=O)c5cc(Cl)nn54)c3F)CC2)c(C)n1. The molecule has 176 valence electrons. The molecule has 5 rings (SSSR count). The highest BCUT2D eigenvalue weighted by Gasteiger charge is 2.22. The number of aryl methyl sites for hydroxylation is 1. The molecular weight excluding hydrogens is 461 g/mol. The van der Waals surface area contributed by atoms with E-state index in [1.54, 1.807) is 25.1 Å². The van der Waals surface area contributed by atoms with E-state index >= 15 is 4.39 Å². The van der Waals surface area contributed by atoms with Crippen molar-refractivity contribution in [2.24, 2.45) is 0 Å². The van der Waals surface area contributed by atoms with Crippen molar-refractivity contribution in [2.75, 3.05) is 38.1 Å². The van der Waals surface area contributed by atoms with Crippen molar-refractivity contribution in [3.8, 4) is 0 Å². The first-order chi connectivity index (χ1) is 17.5. The highest BCUT2D eigenvalue weighted by atomic mass is 35.5. The van der Waals surface area contributed by atoms with Crippen molar-refractivity contribution in [2.45, 2.75) is 13.5 Å². The monoisotopic (exact) mass is 486 g/mol. The number of carbonyl (C=O) groups is 1. The number of nitrogens with zero attached hydrogens (tertiary/aromatic N) is 5. The van der Waals surface area contributed by atoms with Gasteiger partial charge >= 0.3 is 0 Å². The summed E-state index contributed by atoms with van der Waals surface area (Å²) in [7, 11) is 0. The molecule has 0 unspecified atom stereocenters. The molecule has 1 aliphatic rings. The molecule has 4 aromatic rings. The number of aromatic amines is 1. The van der Waals surface area contributed by atoms with Gasteiger partial charge in [0.05, 0.1) is 16.9 Å². The Balaban J connectivity index is 1.28. The maximum Gasteiger partial charge on any atom is 0.274 e. The van der Waals surface area contributed by atoms with E-state index in [4.69, 9.17) is 15.7 Å². The molecule has 1 fully saturated rings. The van der Waals surface area contributed by atoms with Crippen LogP contribution in [0.2, 0.25) is 5.15 Å². The number of fused-ring (bicyclic) bond motifs is 3. The van der Waals surface area contributed by atoms with E-state index in [1.807, 2.05) is 5.32 Å². The molecule has 0 atom stereocenters. The molecule has 1 aliphatic heterocycles. The number of piperazine rings is 1. The lowest BCUT2D eigenvalue weighted by Gasteiger charge is -2.36. The van der Waals surface area contributed by atoms with Crippen molar-refractivity contribution in [3.05, 3.63) is 68.6 Å². The number of rotatable bonds is 4. The average molecular weight is 487 g/mol. The Morgan fingerprint density at radius 2 is 2.03 bits per heavy atom. The van der Waals surface area contributed by atoms with Crippen molar-refractivity contribution >= 4 is 39.7 Å². The maximum atomic E-state index is 15.4. The van der Waals surface area contributed by atoms with Crippen LogP contribution in [0.15, 0.2) is 35.1 Å². The van der Waals surface area contributed by atoms with Crippen LogP contribution in [0.4, 0.5) is 10.1 Å². The second kappa shape index (κ2) is 8.69. The van der Waals surface area contributed by atoms with Crippen LogP contribution >= 0.6 is 11.6 Å². The van der Waals surface area contributed by atoms with E-state index in [0.29, 0.717) is 49.5 Å². The van der Waals surface area contributed by atoms with Crippen LogP contribution in [0, 0.1) is 12.7 Å². The smallest absolute Gasteiger partial charge is 0.274 e. The number of amides is 1. The van der Waals surface area contributed by atoms with Gasteiger partial charge in [-0.25, -0.2) is 13.9 Å². The van der Waals surface area contributed by atoms with E-state index < -0.39 is 24.3 Å². The minimum atomic E-state index is -2.58. The van der Waals surface area contributed by atoms with Gasteiger partial charge in [0, 0.05) is 55.4 Å². The maximum absolute atomic E-state index is 15.4. The molecule has 9 nitrogen and oxygen atoms in total. The summed E-state index contributed by atoms with van der Waals surface area (Å²) in [5.41, 5.74) is 2.23. The van der Waals surface area contributed by atoms with Gasteiger partial charge in [-0.2, -0.15) is 5.10 Å². The minimum Gasteiger partial charge on any atom is -0.368 e. The van der Waals surface area contributed by atoms with Gasteiger partial charge in [0.2, 0.25) is 0 Å². The van der Waals surface area contributed by atoms with E-state index in [1.165, 1.54) is 16.6 Å². The van der Waals surface area contributed by atoms with Gasteiger partial charge in [0.25, 0.3) is 11.5 Å². The van der Waals surface area contributed by atoms with Gasteiger partial charge in [-0.3, -0.25) is 14.5 Å². The number of carbonyl (C=O) groups excluding carboxylic acids is 1. The number of aromatic nitrogens is 4. The predicted octanol–water partition coefficient (Wildman–Crippen LogP) is 2.35. The molecule has 1 amide bonds. The highest BCUT2D eigenvalue weighted by molar-refractivity contribution is 6.29. The fraction of sp³-hybridized carbons (Fsp3) is 0.304. The summed E-state index contributed by atoms with van der Waals surface area (Å²) in [6.45, 7) is 2.17. The molecule has 2 N–H and O–H groups in total. The number of hydrogen-bond donors (Lipinski definition) is 2.